The summed E-state index contributed by atoms with van der Waals surface area (Å²) in [6, 6.07) is 10.6. The smallest absolute Gasteiger partial charge is 0.255 e. The third kappa shape index (κ3) is 3.78. The molecule has 30 heavy (non-hydrogen) atoms. The summed E-state index contributed by atoms with van der Waals surface area (Å²) >= 11 is 0. The molecule has 1 aliphatic rings. The fourth-order valence-corrected chi connectivity index (χ4v) is 3.73. The Balaban J connectivity index is 1.74. The van der Waals surface area contributed by atoms with Crippen LogP contribution in [0.25, 0.3) is 11.4 Å². The van der Waals surface area contributed by atoms with Gasteiger partial charge in [-0.25, -0.2) is 15.0 Å². The largest absolute Gasteiger partial charge is 0.497 e. The highest BCUT2D eigenvalue weighted by molar-refractivity contribution is 5.56. The highest BCUT2D eigenvalue weighted by Crippen LogP contribution is 2.33. The van der Waals surface area contributed by atoms with Crippen molar-refractivity contribution >= 4 is 5.95 Å². The lowest BCUT2D eigenvalue weighted by Gasteiger charge is -2.45. The van der Waals surface area contributed by atoms with Gasteiger partial charge in [0.05, 0.1) is 31.1 Å². The summed E-state index contributed by atoms with van der Waals surface area (Å²) in [6.45, 7) is 5.06. The lowest BCUT2D eigenvalue weighted by Crippen LogP contribution is -2.53. The zero-order valence-electron chi connectivity index (χ0n) is 17.3. The zero-order chi connectivity index (χ0) is 21.3. The SMILES string of the molecule is COc1cccc([C@H](O)CN2c3nc(-c4ccncn4)cc(=O)n3CCC2(C)C)c1. The van der Waals surface area contributed by atoms with Gasteiger partial charge in [0.15, 0.2) is 0 Å². The first-order valence-electron chi connectivity index (χ1n) is 9.87. The van der Waals surface area contributed by atoms with E-state index in [2.05, 4.69) is 23.8 Å². The first-order chi connectivity index (χ1) is 14.4. The van der Waals surface area contributed by atoms with Gasteiger partial charge < -0.3 is 14.7 Å². The summed E-state index contributed by atoms with van der Waals surface area (Å²) in [5.41, 5.74) is 1.40. The van der Waals surface area contributed by atoms with Crippen molar-refractivity contribution < 1.29 is 9.84 Å². The monoisotopic (exact) mass is 407 g/mol. The van der Waals surface area contributed by atoms with Gasteiger partial charge in [0.25, 0.3) is 5.56 Å². The zero-order valence-corrected chi connectivity index (χ0v) is 17.3. The molecule has 156 valence electrons. The quantitative estimate of drug-likeness (QED) is 0.694. The van der Waals surface area contributed by atoms with Crippen LogP contribution in [0.4, 0.5) is 5.95 Å². The Morgan fingerprint density at radius 3 is 2.80 bits per heavy atom. The molecular formula is C22H25N5O3. The second-order valence-electron chi connectivity index (χ2n) is 7.99. The van der Waals surface area contributed by atoms with E-state index in [9.17, 15) is 9.90 Å². The van der Waals surface area contributed by atoms with E-state index < -0.39 is 6.10 Å². The predicted octanol–water partition coefficient (Wildman–Crippen LogP) is 2.43. The Morgan fingerprint density at radius 2 is 2.07 bits per heavy atom. The summed E-state index contributed by atoms with van der Waals surface area (Å²) in [5, 5.41) is 11.0. The van der Waals surface area contributed by atoms with Crippen LogP contribution in [0.15, 0.2) is 53.7 Å². The standard InChI is InChI=1S/C22H25N5O3/c1-22(2)8-10-26-20(29)12-18(17-7-9-23-14-24-17)25-21(26)27(22)13-19(28)15-5-4-6-16(11-15)30-3/h4-7,9,11-12,14,19,28H,8,10,13H2,1-3H3/t19-/m1/s1. The lowest BCUT2D eigenvalue weighted by molar-refractivity contribution is 0.168. The van der Waals surface area contributed by atoms with E-state index in [0.29, 0.717) is 36.2 Å². The third-order valence-electron chi connectivity index (χ3n) is 5.59. The summed E-state index contributed by atoms with van der Waals surface area (Å²) in [5.74, 6) is 1.22. The van der Waals surface area contributed by atoms with Gasteiger partial charge in [-0.05, 0) is 44.0 Å². The first kappa shape index (κ1) is 20.0. The van der Waals surface area contributed by atoms with Crippen LogP contribution in [0.5, 0.6) is 5.75 Å². The normalized spacial score (nSPS) is 16.1. The number of ether oxygens (including phenoxy) is 1. The fraction of sp³-hybridized carbons (Fsp3) is 0.364. The van der Waals surface area contributed by atoms with Crippen LogP contribution in [0.1, 0.15) is 31.9 Å². The number of anilines is 1. The number of hydrogen-bond acceptors (Lipinski definition) is 7. The molecule has 8 nitrogen and oxygen atoms in total. The number of aliphatic hydroxyl groups excluding tert-OH is 1. The molecule has 0 bridgehead atoms. The van der Waals surface area contributed by atoms with Crippen molar-refractivity contribution in [2.24, 2.45) is 0 Å². The number of aliphatic hydroxyl groups is 1. The van der Waals surface area contributed by atoms with Crippen LogP contribution in [-0.2, 0) is 6.54 Å². The fourth-order valence-electron chi connectivity index (χ4n) is 3.73. The molecule has 1 atom stereocenters. The topological polar surface area (TPSA) is 93.4 Å². The van der Waals surface area contributed by atoms with Crippen LogP contribution in [0.2, 0.25) is 0 Å². The highest BCUT2D eigenvalue weighted by atomic mass is 16.5. The molecule has 0 fully saturated rings. The maximum Gasteiger partial charge on any atom is 0.255 e. The Labute approximate surface area is 174 Å². The van der Waals surface area contributed by atoms with Crippen molar-refractivity contribution in [3.63, 3.8) is 0 Å². The minimum absolute atomic E-state index is 0.134. The lowest BCUT2D eigenvalue weighted by atomic mass is 9.95. The second-order valence-corrected chi connectivity index (χ2v) is 7.99. The number of fused-ring (bicyclic) bond motifs is 1. The van der Waals surface area contributed by atoms with Crippen LogP contribution >= 0.6 is 0 Å². The predicted molar refractivity (Wildman–Crippen MR) is 114 cm³/mol. The molecule has 0 saturated heterocycles. The Hall–Kier alpha value is -3.26. The molecular weight excluding hydrogens is 382 g/mol. The van der Waals surface area contributed by atoms with Crippen molar-refractivity contribution in [1.29, 1.82) is 0 Å². The first-order valence-corrected chi connectivity index (χ1v) is 9.87. The molecule has 0 amide bonds. The van der Waals surface area contributed by atoms with E-state index in [1.54, 1.807) is 23.9 Å². The molecule has 3 heterocycles. The van der Waals surface area contributed by atoms with E-state index in [0.717, 1.165) is 12.0 Å². The van der Waals surface area contributed by atoms with Crippen LogP contribution in [0, 0.1) is 0 Å². The highest BCUT2D eigenvalue weighted by Gasteiger charge is 2.36. The number of β-amino-alcohol motifs (C(OH)–C–C–N with tert-alkyl or cyclic N) is 1. The third-order valence-corrected chi connectivity index (χ3v) is 5.59. The molecule has 0 spiro atoms. The van der Waals surface area contributed by atoms with E-state index in [4.69, 9.17) is 9.72 Å². The Kier molecular flexibility index (Phi) is 5.26. The van der Waals surface area contributed by atoms with Gasteiger partial charge in [-0.3, -0.25) is 9.36 Å². The van der Waals surface area contributed by atoms with Crippen LogP contribution in [-0.4, -0.2) is 43.8 Å². The number of aromatic nitrogens is 4. The summed E-state index contributed by atoms with van der Waals surface area (Å²) in [7, 11) is 1.60. The number of hydrogen-bond donors (Lipinski definition) is 1. The molecule has 0 radical (unpaired) electrons. The van der Waals surface area contributed by atoms with Crippen molar-refractivity contribution in [2.45, 2.75) is 38.5 Å². The average Bonchev–Trinajstić information content (AvgIpc) is 2.76. The van der Waals surface area contributed by atoms with Crippen molar-refractivity contribution in [1.82, 2.24) is 19.5 Å². The van der Waals surface area contributed by atoms with Crippen molar-refractivity contribution in [3.8, 4) is 17.1 Å². The van der Waals surface area contributed by atoms with Gasteiger partial charge in [-0.15, -0.1) is 0 Å². The van der Waals surface area contributed by atoms with Crippen LogP contribution < -0.4 is 15.2 Å². The molecule has 0 unspecified atom stereocenters. The van der Waals surface area contributed by atoms with E-state index in [1.165, 1.54) is 12.4 Å². The van der Waals surface area contributed by atoms with Crippen molar-refractivity contribution in [3.05, 3.63) is 64.8 Å². The second kappa shape index (κ2) is 7.87. The molecule has 1 aliphatic heterocycles. The molecule has 8 heteroatoms. The minimum Gasteiger partial charge on any atom is -0.497 e. The van der Waals surface area contributed by atoms with Gasteiger partial charge in [-0.1, -0.05) is 12.1 Å². The number of methoxy groups -OCH3 is 1. The number of benzene rings is 1. The maximum atomic E-state index is 12.8. The van der Waals surface area contributed by atoms with Gasteiger partial charge in [0.2, 0.25) is 5.95 Å². The average molecular weight is 407 g/mol. The van der Waals surface area contributed by atoms with Crippen molar-refractivity contribution in [2.75, 3.05) is 18.6 Å². The van der Waals surface area contributed by atoms with E-state index >= 15 is 0 Å². The van der Waals surface area contributed by atoms with E-state index in [1.807, 2.05) is 29.2 Å². The Morgan fingerprint density at radius 1 is 1.23 bits per heavy atom. The molecule has 1 N–H and O–H groups in total. The summed E-state index contributed by atoms with van der Waals surface area (Å²) < 4.78 is 6.94. The molecule has 1 aromatic carbocycles. The number of nitrogens with zero attached hydrogens (tertiary/aromatic N) is 5. The van der Waals surface area contributed by atoms with Gasteiger partial charge in [0.1, 0.15) is 12.1 Å². The van der Waals surface area contributed by atoms with Gasteiger partial charge in [0, 0.05) is 24.3 Å². The summed E-state index contributed by atoms with van der Waals surface area (Å²) in [6.07, 6.45) is 3.04. The summed E-state index contributed by atoms with van der Waals surface area (Å²) in [4.78, 5) is 27.8. The number of rotatable bonds is 5. The molecule has 3 aromatic rings. The maximum absolute atomic E-state index is 12.8. The Bertz CT molecular complexity index is 1100. The van der Waals surface area contributed by atoms with Gasteiger partial charge >= 0.3 is 0 Å². The minimum atomic E-state index is -0.773. The molecule has 2 aromatic heterocycles. The van der Waals surface area contributed by atoms with E-state index in [-0.39, 0.29) is 11.1 Å². The van der Waals surface area contributed by atoms with Crippen LogP contribution in [0.3, 0.4) is 0 Å². The van der Waals surface area contributed by atoms with Gasteiger partial charge in [-0.2, -0.15) is 0 Å². The molecule has 0 saturated carbocycles. The molecule has 0 aliphatic carbocycles. The molecule has 4 rings (SSSR count).